The SMILES string of the molecule is CN=C(NCCCNC(=O)OC(C)(C)C)NCc1ccccc1OC(F)(F)F.I. The van der Waals surface area contributed by atoms with Gasteiger partial charge in [0.1, 0.15) is 11.4 Å². The molecule has 7 nitrogen and oxygen atoms in total. The number of carbonyl (C=O) groups excluding carboxylic acids is 1. The fourth-order valence-electron chi connectivity index (χ4n) is 2.07. The Bertz CT molecular complexity index is 664. The summed E-state index contributed by atoms with van der Waals surface area (Å²) in [5.74, 6) is 0.151. The summed E-state index contributed by atoms with van der Waals surface area (Å²) in [7, 11) is 1.55. The molecule has 0 unspecified atom stereocenters. The van der Waals surface area contributed by atoms with E-state index in [4.69, 9.17) is 4.74 Å². The monoisotopic (exact) mass is 532 g/mol. The normalized spacial score (nSPS) is 11.9. The van der Waals surface area contributed by atoms with Crippen LogP contribution in [0.5, 0.6) is 5.75 Å². The summed E-state index contributed by atoms with van der Waals surface area (Å²) in [5, 5.41) is 8.57. The molecule has 1 rings (SSSR count). The molecular weight excluding hydrogens is 504 g/mol. The number of alkyl halides is 3. The van der Waals surface area contributed by atoms with E-state index >= 15 is 0 Å². The van der Waals surface area contributed by atoms with Crippen molar-refractivity contribution in [2.45, 2.75) is 45.7 Å². The van der Waals surface area contributed by atoms with E-state index in [-0.39, 0.29) is 36.3 Å². The first-order valence-corrected chi connectivity index (χ1v) is 8.75. The predicted molar refractivity (Wildman–Crippen MR) is 116 cm³/mol. The fourth-order valence-corrected chi connectivity index (χ4v) is 2.07. The smallest absolute Gasteiger partial charge is 0.444 e. The second-order valence-corrected chi connectivity index (χ2v) is 6.79. The Kier molecular flexibility index (Phi) is 11.8. The van der Waals surface area contributed by atoms with Crippen molar-refractivity contribution in [3.8, 4) is 5.75 Å². The van der Waals surface area contributed by atoms with Gasteiger partial charge < -0.3 is 25.4 Å². The van der Waals surface area contributed by atoms with Gasteiger partial charge in [0.05, 0.1) is 0 Å². The lowest BCUT2D eigenvalue weighted by atomic mass is 10.2. The molecule has 0 atom stereocenters. The molecule has 0 radical (unpaired) electrons. The van der Waals surface area contributed by atoms with Crippen molar-refractivity contribution < 1.29 is 27.4 Å². The molecule has 0 fully saturated rings. The Balaban J connectivity index is 0.00000784. The molecular formula is C18H28F3IN4O3. The van der Waals surface area contributed by atoms with Crippen molar-refractivity contribution in [2.75, 3.05) is 20.1 Å². The fraction of sp³-hybridized carbons (Fsp3) is 0.556. The van der Waals surface area contributed by atoms with Gasteiger partial charge in [0, 0.05) is 32.2 Å². The molecule has 0 heterocycles. The van der Waals surface area contributed by atoms with Crippen molar-refractivity contribution in [3.63, 3.8) is 0 Å². The van der Waals surface area contributed by atoms with Crippen LogP contribution in [-0.2, 0) is 11.3 Å². The molecule has 0 aromatic heterocycles. The highest BCUT2D eigenvalue weighted by Crippen LogP contribution is 2.25. The maximum Gasteiger partial charge on any atom is 0.573 e. The minimum atomic E-state index is -4.75. The van der Waals surface area contributed by atoms with Crippen LogP contribution in [0.15, 0.2) is 29.3 Å². The van der Waals surface area contributed by atoms with E-state index in [1.165, 1.54) is 18.2 Å². The quantitative estimate of drug-likeness (QED) is 0.216. The molecule has 0 bridgehead atoms. The van der Waals surface area contributed by atoms with Crippen molar-refractivity contribution in [1.82, 2.24) is 16.0 Å². The first-order chi connectivity index (χ1) is 13.0. The molecule has 0 aliphatic carbocycles. The van der Waals surface area contributed by atoms with E-state index in [2.05, 4.69) is 25.7 Å². The van der Waals surface area contributed by atoms with E-state index in [0.717, 1.165) is 0 Å². The molecule has 0 spiro atoms. The number of nitrogens with one attached hydrogen (secondary N) is 3. The van der Waals surface area contributed by atoms with Crippen LogP contribution in [0.2, 0.25) is 0 Å². The minimum Gasteiger partial charge on any atom is -0.444 e. The third-order valence-corrected chi connectivity index (χ3v) is 3.18. The Labute approximate surface area is 185 Å². The number of amides is 1. The first-order valence-electron chi connectivity index (χ1n) is 8.75. The molecule has 11 heteroatoms. The Morgan fingerprint density at radius 1 is 1.07 bits per heavy atom. The summed E-state index contributed by atoms with van der Waals surface area (Å²) >= 11 is 0. The van der Waals surface area contributed by atoms with Gasteiger partial charge in [-0.05, 0) is 33.3 Å². The summed E-state index contributed by atoms with van der Waals surface area (Å²) in [6.07, 6.45) is -4.64. The Morgan fingerprint density at radius 2 is 1.69 bits per heavy atom. The van der Waals surface area contributed by atoms with Gasteiger partial charge in [-0.2, -0.15) is 0 Å². The maximum atomic E-state index is 12.5. The second kappa shape index (κ2) is 12.6. The highest BCUT2D eigenvalue weighted by Gasteiger charge is 2.31. The average Bonchev–Trinajstić information content (AvgIpc) is 2.55. The Morgan fingerprint density at radius 3 is 2.28 bits per heavy atom. The topological polar surface area (TPSA) is 84.0 Å². The van der Waals surface area contributed by atoms with E-state index in [1.54, 1.807) is 33.9 Å². The van der Waals surface area contributed by atoms with E-state index < -0.39 is 18.1 Å². The van der Waals surface area contributed by atoms with Crippen LogP contribution in [-0.4, -0.2) is 44.2 Å². The van der Waals surface area contributed by atoms with E-state index in [0.29, 0.717) is 31.0 Å². The van der Waals surface area contributed by atoms with Crippen LogP contribution in [0, 0.1) is 0 Å². The maximum absolute atomic E-state index is 12.5. The first kappa shape index (κ1) is 27.1. The number of rotatable bonds is 7. The number of hydrogen-bond acceptors (Lipinski definition) is 4. The largest absolute Gasteiger partial charge is 0.573 e. The lowest BCUT2D eigenvalue weighted by Crippen LogP contribution is -2.39. The van der Waals surface area contributed by atoms with Gasteiger partial charge >= 0.3 is 12.5 Å². The van der Waals surface area contributed by atoms with Gasteiger partial charge in [0.25, 0.3) is 0 Å². The predicted octanol–water partition coefficient (Wildman–Crippen LogP) is 3.78. The molecule has 0 aliphatic heterocycles. The molecule has 1 aromatic rings. The summed E-state index contributed by atoms with van der Waals surface area (Å²) in [6.45, 7) is 6.34. The highest BCUT2D eigenvalue weighted by atomic mass is 127. The standard InChI is InChI=1S/C18H27F3N4O3.HI/c1-17(2,3)28-16(26)24-11-7-10-23-15(22-4)25-12-13-8-5-6-9-14(13)27-18(19,20)21;/h5-6,8-9H,7,10-12H2,1-4H3,(H,24,26)(H2,22,23,25);1H. The number of benzene rings is 1. The van der Waals surface area contributed by atoms with Crippen LogP contribution in [0.1, 0.15) is 32.8 Å². The molecule has 29 heavy (non-hydrogen) atoms. The number of alkyl carbamates (subject to hydrolysis) is 1. The molecule has 0 saturated heterocycles. The van der Waals surface area contributed by atoms with E-state index in [1.807, 2.05) is 0 Å². The van der Waals surface area contributed by atoms with Crippen LogP contribution in [0.3, 0.4) is 0 Å². The summed E-state index contributed by atoms with van der Waals surface area (Å²) in [4.78, 5) is 15.5. The zero-order valence-corrected chi connectivity index (χ0v) is 19.2. The Hall–Kier alpha value is -1.92. The number of para-hydroxylation sites is 1. The zero-order chi connectivity index (χ0) is 21.2. The summed E-state index contributed by atoms with van der Waals surface area (Å²) < 4.78 is 46.5. The molecule has 1 amide bonds. The molecule has 0 saturated carbocycles. The van der Waals surface area contributed by atoms with Gasteiger partial charge in [-0.15, -0.1) is 37.1 Å². The number of guanidine groups is 1. The number of carbonyl (C=O) groups is 1. The van der Waals surface area contributed by atoms with Crippen molar-refractivity contribution >= 4 is 36.0 Å². The highest BCUT2D eigenvalue weighted by molar-refractivity contribution is 14.0. The van der Waals surface area contributed by atoms with Crippen molar-refractivity contribution in [3.05, 3.63) is 29.8 Å². The van der Waals surface area contributed by atoms with Gasteiger partial charge in [0.2, 0.25) is 0 Å². The molecule has 166 valence electrons. The molecule has 3 N–H and O–H groups in total. The number of hydrogen-bond donors (Lipinski definition) is 3. The lowest BCUT2D eigenvalue weighted by Gasteiger charge is -2.19. The van der Waals surface area contributed by atoms with Crippen LogP contribution in [0.4, 0.5) is 18.0 Å². The van der Waals surface area contributed by atoms with E-state index in [9.17, 15) is 18.0 Å². The minimum absolute atomic E-state index is 0. The third kappa shape index (κ3) is 13.0. The van der Waals surface area contributed by atoms with Crippen molar-refractivity contribution in [1.29, 1.82) is 0 Å². The summed E-state index contributed by atoms with van der Waals surface area (Å²) in [5.41, 5.74) is -0.213. The van der Waals surface area contributed by atoms with Crippen LogP contribution in [0.25, 0.3) is 0 Å². The zero-order valence-electron chi connectivity index (χ0n) is 16.9. The van der Waals surface area contributed by atoms with Crippen LogP contribution >= 0.6 is 24.0 Å². The molecule has 0 aliphatic rings. The number of ether oxygens (including phenoxy) is 2. The van der Waals surface area contributed by atoms with Gasteiger partial charge in [-0.25, -0.2) is 4.79 Å². The summed E-state index contributed by atoms with van der Waals surface area (Å²) in [6, 6.07) is 5.88. The third-order valence-electron chi connectivity index (χ3n) is 3.18. The number of nitrogens with zero attached hydrogens (tertiary/aromatic N) is 1. The lowest BCUT2D eigenvalue weighted by molar-refractivity contribution is -0.274. The number of halogens is 4. The van der Waals surface area contributed by atoms with Crippen molar-refractivity contribution in [2.24, 2.45) is 4.99 Å². The number of aliphatic imine (C=N–C) groups is 1. The molecule has 1 aromatic carbocycles. The van der Waals surface area contributed by atoms with Gasteiger partial charge in [0.15, 0.2) is 5.96 Å². The van der Waals surface area contributed by atoms with Crippen LogP contribution < -0.4 is 20.7 Å². The van der Waals surface area contributed by atoms with Gasteiger partial charge in [-0.1, -0.05) is 18.2 Å². The second-order valence-electron chi connectivity index (χ2n) is 6.79. The average molecular weight is 532 g/mol. The van der Waals surface area contributed by atoms with Gasteiger partial charge in [-0.3, -0.25) is 4.99 Å².